The van der Waals surface area contributed by atoms with Gasteiger partial charge in [-0.05, 0) is 12.1 Å². The van der Waals surface area contributed by atoms with E-state index in [0.717, 1.165) is 4.99 Å². The molecule has 0 aliphatic carbocycles. The molecule has 0 spiro atoms. The molecule has 0 atom stereocenters. The first kappa shape index (κ1) is 10.5. The summed E-state index contributed by atoms with van der Waals surface area (Å²) in [6.07, 6.45) is 0. The molecule has 2 aromatic carbocycles. The Hall–Kier alpha value is -1.61. The zero-order valence-electron chi connectivity index (χ0n) is 10.2. The zero-order valence-corrected chi connectivity index (χ0v) is 11.0. The molecule has 2 nitrogen and oxygen atoms in total. The molecule has 0 N–H and O–H groups in total. The lowest BCUT2D eigenvalue weighted by atomic mass is 10.0. The summed E-state index contributed by atoms with van der Waals surface area (Å²) in [5, 5.41) is 2.56. The average Bonchev–Trinajstić information content (AvgIpc) is 2.57. The minimum absolute atomic E-state index is 0.918. The van der Waals surface area contributed by atoms with Gasteiger partial charge in [-0.2, -0.15) is 0 Å². The first-order valence-electron chi connectivity index (χ1n) is 5.62. The third-order valence-corrected chi connectivity index (χ3v) is 3.87. The maximum atomic E-state index is 5.48. The van der Waals surface area contributed by atoms with Crippen LogP contribution in [-0.2, 0) is 0 Å². The Morgan fingerprint density at radius 1 is 1.12 bits per heavy atom. The van der Waals surface area contributed by atoms with E-state index in [1.165, 1.54) is 27.7 Å². The number of nitrogens with zero attached hydrogens (tertiary/aromatic N) is 2. The molecule has 0 saturated heterocycles. The van der Waals surface area contributed by atoms with Gasteiger partial charge in [-0.1, -0.05) is 30.4 Å². The van der Waals surface area contributed by atoms with Crippen LogP contribution in [0.1, 0.15) is 5.56 Å². The molecule has 2 aromatic rings. The summed E-state index contributed by atoms with van der Waals surface area (Å²) in [7, 11) is 6.18. The van der Waals surface area contributed by atoms with Gasteiger partial charge in [0.2, 0.25) is 0 Å². The Morgan fingerprint density at radius 2 is 1.88 bits per heavy atom. The topological polar surface area (TPSA) is 6.48 Å². The van der Waals surface area contributed by atoms with Crippen molar-refractivity contribution in [1.29, 1.82) is 0 Å². The molecule has 0 saturated carbocycles. The number of benzene rings is 2. The number of rotatable bonds is 1. The van der Waals surface area contributed by atoms with E-state index in [9.17, 15) is 0 Å². The Labute approximate surface area is 106 Å². The Bertz CT molecular complexity index is 631. The largest absolute Gasteiger partial charge is 0.377 e. The van der Waals surface area contributed by atoms with Crippen molar-refractivity contribution in [2.45, 2.75) is 0 Å². The van der Waals surface area contributed by atoms with E-state index in [1.54, 1.807) is 0 Å². The van der Waals surface area contributed by atoms with E-state index < -0.39 is 0 Å². The molecule has 1 heterocycles. The fraction of sp³-hybridized carbons (Fsp3) is 0.214. The number of thiocarbonyl (C=S) groups is 1. The van der Waals surface area contributed by atoms with Gasteiger partial charge in [0.25, 0.3) is 0 Å². The fourth-order valence-corrected chi connectivity index (χ4v) is 2.78. The summed E-state index contributed by atoms with van der Waals surface area (Å²) in [6.45, 7) is 0. The van der Waals surface area contributed by atoms with E-state index in [0.29, 0.717) is 0 Å². The van der Waals surface area contributed by atoms with Crippen LogP contribution in [0.2, 0.25) is 0 Å². The maximum absolute atomic E-state index is 5.48. The van der Waals surface area contributed by atoms with Crippen LogP contribution in [0.3, 0.4) is 0 Å². The lowest BCUT2D eigenvalue weighted by molar-refractivity contribution is 1.14. The van der Waals surface area contributed by atoms with Crippen LogP contribution in [-0.4, -0.2) is 26.1 Å². The second kappa shape index (κ2) is 3.44. The lowest BCUT2D eigenvalue weighted by Gasteiger charge is -2.17. The van der Waals surface area contributed by atoms with Gasteiger partial charge in [-0.15, -0.1) is 0 Å². The molecule has 0 unspecified atom stereocenters. The van der Waals surface area contributed by atoms with E-state index in [-0.39, 0.29) is 0 Å². The van der Waals surface area contributed by atoms with Crippen molar-refractivity contribution in [1.82, 2.24) is 0 Å². The van der Waals surface area contributed by atoms with Crippen LogP contribution in [0, 0.1) is 0 Å². The molecule has 0 bridgehead atoms. The first-order valence-corrected chi connectivity index (χ1v) is 6.03. The minimum atomic E-state index is 0.918. The van der Waals surface area contributed by atoms with E-state index >= 15 is 0 Å². The molecule has 0 radical (unpaired) electrons. The number of anilines is 2. The van der Waals surface area contributed by atoms with Crippen molar-refractivity contribution in [2.24, 2.45) is 0 Å². The number of hydrogen-bond acceptors (Lipinski definition) is 2. The molecular weight excluding hydrogens is 228 g/mol. The van der Waals surface area contributed by atoms with E-state index in [1.807, 2.05) is 7.05 Å². The highest BCUT2D eigenvalue weighted by molar-refractivity contribution is 7.81. The smallest absolute Gasteiger partial charge is 0.114 e. The summed E-state index contributed by atoms with van der Waals surface area (Å²) >= 11 is 5.48. The fourth-order valence-electron chi connectivity index (χ4n) is 2.51. The number of hydrogen-bond donors (Lipinski definition) is 0. The monoisotopic (exact) mass is 242 g/mol. The third kappa shape index (κ3) is 1.29. The van der Waals surface area contributed by atoms with Gasteiger partial charge < -0.3 is 9.80 Å². The van der Waals surface area contributed by atoms with Gasteiger partial charge >= 0.3 is 0 Å². The van der Waals surface area contributed by atoms with Crippen molar-refractivity contribution < 1.29 is 0 Å². The van der Waals surface area contributed by atoms with Gasteiger partial charge in [-0.25, -0.2) is 0 Å². The lowest BCUT2D eigenvalue weighted by Crippen LogP contribution is -2.19. The van der Waals surface area contributed by atoms with Crippen LogP contribution >= 0.6 is 12.2 Å². The van der Waals surface area contributed by atoms with Crippen LogP contribution in [0.25, 0.3) is 10.8 Å². The van der Waals surface area contributed by atoms with Crippen LogP contribution in [0.4, 0.5) is 11.4 Å². The highest BCUT2D eigenvalue weighted by atomic mass is 32.1. The SMILES string of the molecule is CN(C)c1ccc2c3c(cccc13)C(=S)N2C. The highest BCUT2D eigenvalue weighted by Crippen LogP contribution is 2.40. The van der Waals surface area contributed by atoms with Gasteiger partial charge in [-0.3, -0.25) is 0 Å². The zero-order chi connectivity index (χ0) is 12.2. The average molecular weight is 242 g/mol. The molecular formula is C14H14N2S. The Kier molecular flexibility index (Phi) is 2.13. The van der Waals surface area contributed by atoms with Crippen molar-refractivity contribution >= 4 is 39.4 Å². The van der Waals surface area contributed by atoms with Crippen molar-refractivity contribution in [2.75, 3.05) is 30.9 Å². The van der Waals surface area contributed by atoms with Crippen molar-refractivity contribution in [3.05, 3.63) is 35.9 Å². The van der Waals surface area contributed by atoms with Gasteiger partial charge in [0.05, 0.1) is 5.69 Å². The molecule has 1 aliphatic rings. The van der Waals surface area contributed by atoms with Crippen LogP contribution in [0.15, 0.2) is 30.3 Å². The second-order valence-electron chi connectivity index (χ2n) is 4.59. The summed E-state index contributed by atoms with van der Waals surface area (Å²) < 4.78 is 0. The van der Waals surface area contributed by atoms with Crippen molar-refractivity contribution in [3.8, 4) is 0 Å². The molecule has 3 heteroatoms. The highest BCUT2D eigenvalue weighted by Gasteiger charge is 2.24. The van der Waals surface area contributed by atoms with Gasteiger partial charge in [0.15, 0.2) is 0 Å². The van der Waals surface area contributed by atoms with Gasteiger partial charge in [0.1, 0.15) is 4.99 Å². The molecule has 1 aliphatic heterocycles. The molecule has 0 aromatic heterocycles. The Morgan fingerprint density at radius 3 is 2.59 bits per heavy atom. The van der Waals surface area contributed by atoms with Crippen LogP contribution in [0.5, 0.6) is 0 Å². The molecule has 17 heavy (non-hydrogen) atoms. The van der Waals surface area contributed by atoms with E-state index in [4.69, 9.17) is 12.2 Å². The molecule has 0 amide bonds. The normalized spacial score (nSPS) is 13.6. The third-order valence-electron chi connectivity index (χ3n) is 3.37. The molecule has 0 fully saturated rings. The first-order chi connectivity index (χ1) is 8.11. The van der Waals surface area contributed by atoms with E-state index in [2.05, 4.69) is 54.2 Å². The summed E-state index contributed by atoms with van der Waals surface area (Å²) in [6, 6.07) is 10.7. The second-order valence-corrected chi connectivity index (χ2v) is 4.98. The van der Waals surface area contributed by atoms with Gasteiger partial charge in [0, 0.05) is 43.2 Å². The van der Waals surface area contributed by atoms with Crippen LogP contribution < -0.4 is 9.80 Å². The minimum Gasteiger partial charge on any atom is -0.377 e. The Balaban J connectivity index is 2.46. The maximum Gasteiger partial charge on any atom is 0.114 e. The predicted octanol–water partition coefficient (Wildman–Crippen LogP) is 3.03. The predicted molar refractivity (Wildman–Crippen MR) is 78.4 cm³/mol. The van der Waals surface area contributed by atoms with Crippen molar-refractivity contribution in [3.63, 3.8) is 0 Å². The molecule has 86 valence electrons. The summed E-state index contributed by atoms with van der Waals surface area (Å²) in [4.78, 5) is 5.15. The summed E-state index contributed by atoms with van der Waals surface area (Å²) in [5.74, 6) is 0. The summed E-state index contributed by atoms with van der Waals surface area (Å²) in [5.41, 5.74) is 3.63. The standard InChI is InChI=1S/C14H14N2S/c1-15(2)11-7-8-12-13-9(11)5-4-6-10(13)14(17)16(12)3/h4-8H,1-3H3. The molecule has 3 rings (SSSR count). The quantitative estimate of drug-likeness (QED) is 0.710.